The Bertz CT molecular complexity index is 1160. The lowest BCUT2D eigenvalue weighted by Gasteiger charge is -2.15. The minimum atomic E-state index is -0.719. The molecule has 0 aliphatic heterocycles. The first-order chi connectivity index (χ1) is 14.0. The number of benzene rings is 1. The molecule has 0 radical (unpaired) electrons. The normalized spacial score (nSPS) is 11.2. The maximum Gasteiger partial charge on any atom is 0.181 e. The zero-order valence-electron chi connectivity index (χ0n) is 15.9. The Kier molecular flexibility index (Phi) is 5.03. The average Bonchev–Trinajstić information content (AvgIpc) is 3.20. The molecule has 3 aromatic heterocycles. The van der Waals surface area contributed by atoms with Gasteiger partial charge in [0.25, 0.3) is 0 Å². The smallest absolute Gasteiger partial charge is 0.181 e. The third-order valence-corrected chi connectivity index (χ3v) is 4.32. The molecule has 3 N–H and O–H groups in total. The van der Waals surface area contributed by atoms with Crippen molar-refractivity contribution in [2.75, 3.05) is 17.2 Å². The summed E-state index contributed by atoms with van der Waals surface area (Å²) < 4.78 is 29.4. The van der Waals surface area contributed by atoms with Crippen molar-refractivity contribution in [1.82, 2.24) is 24.9 Å². The van der Waals surface area contributed by atoms with Crippen LogP contribution >= 0.6 is 0 Å². The number of hydrogen-bond donors (Lipinski definition) is 3. The summed E-state index contributed by atoms with van der Waals surface area (Å²) in [6.45, 7) is 4.58. The fourth-order valence-electron chi connectivity index (χ4n) is 2.90. The van der Waals surface area contributed by atoms with E-state index in [1.54, 1.807) is 12.1 Å². The number of nitrogens with one attached hydrogen (secondary N) is 3. The maximum atomic E-state index is 15.0. The average molecular weight is 395 g/mol. The molecule has 148 valence electrons. The number of hydrogen-bond acceptors (Lipinski definition) is 6. The van der Waals surface area contributed by atoms with Crippen molar-refractivity contribution >= 4 is 28.4 Å². The van der Waals surface area contributed by atoms with Crippen molar-refractivity contribution in [2.45, 2.75) is 13.8 Å². The highest BCUT2D eigenvalue weighted by molar-refractivity contribution is 5.91. The van der Waals surface area contributed by atoms with Crippen LogP contribution in [0.5, 0.6) is 0 Å². The SMILES string of the molecule is CC(C)CNc1ccc(F)c(Nc2ncccc2-c2ncnc3nc[nH]c23)c1F. The molecule has 0 spiro atoms. The molecule has 0 amide bonds. The second-order valence-corrected chi connectivity index (χ2v) is 6.91. The third kappa shape index (κ3) is 3.71. The maximum absolute atomic E-state index is 15.0. The van der Waals surface area contributed by atoms with Gasteiger partial charge in [-0.3, -0.25) is 0 Å². The van der Waals surface area contributed by atoms with E-state index < -0.39 is 11.6 Å². The van der Waals surface area contributed by atoms with Crippen molar-refractivity contribution in [3.63, 3.8) is 0 Å². The van der Waals surface area contributed by atoms with Crippen molar-refractivity contribution in [2.24, 2.45) is 5.92 Å². The van der Waals surface area contributed by atoms with E-state index >= 15 is 0 Å². The quantitative estimate of drug-likeness (QED) is 0.445. The Morgan fingerprint density at radius 1 is 1.07 bits per heavy atom. The second kappa shape index (κ2) is 7.78. The van der Waals surface area contributed by atoms with Crippen LogP contribution < -0.4 is 10.6 Å². The molecule has 9 heteroatoms. The predicted molar refractivity (Wildman–Crippen MR) is 108 cm³/mol. The molecule has 29 heavy (non-hydrogen) atoms. The molecule has 4 aromatic rings. The van der Waals surface area contributed by atoms with Gasteiger partial charge in [0, 0.05) is 18.3 Å². The van der Waals surface area contributed by atoms with E-state index in [2.05, 4.69) is 35.6 Å². The topological polar surface area (TPSA) is 91.4 Å². The van der Waals surface area contributed by atoms with Gasteiger partial charge in [-0.1, -0.05) is 13.8 Å². The van der Waals surface area contributed by atoms with Crippen molar-refractivity contribution in [3.05, 3.63) is 54.8 Å². The highest BCUT2D eigenvalue weighted by atomic mass is 19.1. The van der Waals surface area contributed by atoms with Gasteiger partial charge in [0.15, 0.2) is 11.5 Å². The summed E-state index contributed by atoms with van der Waals surface area (Å²) in [6.07, 6.45) is 4.43. The molecule has 0 aliphatic carbocycles. The van der Waals surface area contributed by atoms with Gasteiger partial charge < -0.3 is 15.6 Å². The Balaban J connectivity index is 1.75. The predicted octanol–water partition coefficient (Wildman–Crippen LogP) is 4.50. The van der Waals surface area contributed by atoms with Crippen LogP contribution in [-0.2, 0) is 0 Å². The minimum absolute atomic E-state index is 0.220. The molecule has 0 unspecified atom stereocenters. The first kappa shape index (κ1) is 18.7. The number of rotatable bonds is 6. The van der Waals surface area contributed by atoms with E-state index in [0.29, 0.717) is 34.9 Å². The van der Waals surface area contributed by atoms with Gasteiger partial charge in [0.2, 0.25) is 0 Å². The first-order valence-electron chi connectivity index (χ1n) is 9.13. The van der Waals surface area contributed by atoms with Crippen LogP contribution in [0.3, 0.4) is 0 Å². The van der Waals surface area contributed by atoms with Crippen LogP contribution in [0.2, 0.25) is 0 Å². The summed E-state index contributed by atoms with van der Waals surface area (Å²) in [5.41, 5.74) is 2.12. The lowest BCUT2D eigenvalue weighted by molar-refractivity contribution is 0.590. The highest BCUT2D eigenvalue weighted by Gasteiger charge is 2.18. The van der Waals surface area contributed by atoms with Crippen molar-refractivity contribution in [3.8, 4) is 11.3 Å². The standard InChI is InChI=1S/C20H19F2N7/c1-11(2)8-24-14-6-5-13(21)17(15(14)22)29-19-12(4-3-7-23-19)16-18-20(27-9-25-16)28-10-26-18/h3-7,9-11,24H,8H2,1-2H3,(H,23,29)(H,25,26,27,28). The van der Waals surface area contributed by atoms with E-state index in [1.807, 2.05) is 13.8 Å². The molecule has 0 aliphatic rings. The molecule has 1 aromatic carbocycles. The Morgan fingerprint density at radius 2 is 1.93 bits per heavy atom. The van der Waals surface area contributed by atoms with Crippen molar-refractivity contribution in [1.29, 1.82) is 0 Å². The Labute approximate surface area is 165 Å². The highest BCUT2D eigenvalue weighted by Crippen LogP contribution is 2.33. The number of H-pyrrole nitrogens is 1. The van der Waals surface area contributed by atoms with E-state index in [4.69, 9.17) is 0 Å². The van der Waals surface area contributed by atoms with E-state index in [0.717, 1.165) is 0 Å². The van der Waals surface area contributed by atoms with Gasteiger partial charge in [0.1, 0.15) is 34.9 Å². The fraction of sp³-hybridized carbons (Fsp3) is 0.200. The van der Waals surface area contributed by atoms with Gasteiger partial charge in [-0.2, -0.15) is 0 Å². The molecule has 4 rings (SSSR count). The van der Waals surface area contributed by atoms with Gasteiger partial charge in [0.05, 0.1) is 12.0 Å². The van der Waals surface area contributed by atoms with Gasteiger partial charge in [-0.15, -0.1) is 0 Å². The summed E-state index contributed by atoms with van der Waals surface area (Å²) in [6, 6.07) is 6.08. The first-order valence-corrected chi connectivity index (χ1v) is 9.13. The van der Waals surface area contributed by atoms with Crippen LogP contribution in [0, 0.1) is 17.6 Å². The minimum Gasteiger partial charge on any atom is -0.382 e. The third-order valence-electron chi connectivity index (χ3n) is 4.32. The van der Waals surface area contributed by atoms with Gasteiger partial charge in [-0.05, 0) is 30.2 Å². The van der Waals surface area contributed by atoms with Crippen LogP contribution in [-0.4, -0.2) is 31.5 Å². The monoisotopic (exact) mass is 395 g/mol. The van der Waals surface area contributed by atoms with Gasteiger partial charge >= 0.3 is 0 Å². The molecule has 3 heterocycles. The summed E-state index contributed by atoms with van der Waals surface area (Å²) in [5, 5.41) is 5.79. The molecule has 0 atom stereocenters. The van der Waals surface area contributed by atoms with Crippen LogP contribution in [0.1, 0.15) is 13.8 Å². The van der Waals surface area contributed by atoms with E-state index in [-0.39, 0.29) is 17.2 Å². The number of fused-ring (bicyclic) bond motifs is 1. The van der Waals surface area contributed by atoms with Crippen LogP contribution in [0.4, 0.5) is 26.0 Å². The second-order valence-electron chi connectivity index (χ2n) is 6.91. The number of pyridine rings is 1. The van der Waals surface area contributed by atoms with Crippen LogP contribution in [0.15, 0.2) is 43.1 Å². The molecular weight excluding hydrogens is 376 g/mol. The molecule has 7 nitrogen and oxygen atoms in total. The number of aromatic nitrogens is 5. The summed E-state index contributed by atoms with van der Waals surface area (Å²) >= 11 is 0. The Hall–Kier alpha value is -3.62. The summed E-state index contributed by atoms with van der Waals surface area (Å²) in [7, 11) is 0. The number of anilines is 3. The van der Waals surface area contributed by atoms with E-state index in [1.165, 1.54) is 31.0 Å². The summed E-state index contributed by atoms with van der Waals surface area (Å²) in [4.78, 5) is 19.8. The van der Waals surface area contributed by atoms with Gasteiger partial charge in [-0.25, -0.2) is 28.7 Å². The van der Waals surface area contributed by atoms with Crippen LogP contribution in [0.25, 0.3) is 22.4 Å². The molecular formula is C20H19F2N7. The zero-order chi connectivity index (χ0) is 20.4. The zero-order valence-corrected chi connectivity index (χ0v) is 15.9. The number of halogens is 2. The van der Waals surface area contributed by atoms with E-state index in [9.17, 15) is 8.78 Å². The van der Waals surface area contributed by atoms with Crippen molar-refractivity contribution < 1.29 is 8.78 Å². The number of aromatic amines is 1. The molecule has 0 bridgehead atoms. The Morgan fingerprint density at radius 3 is 2.76 bits per heavy atom. The molecule has 0 fully saturated rings. The lowest BCUT2D eigenvalue weighted by atomic mass is 10.1. The largest absolute Gasteiger partial charge is 0.382 e. The summed E-state index contributed by atoms with van der Waals surface area (Å²) in [5.74, 6) is -0.853. The number of nitrogens with zero attached hydrogens (tertiary/aromatic N) is 4. The molecule has 0 saturated carbocycles. The molecule has 0 saturated heterocycles. The number of imidazole rings is 1. The fourth-order valence-corrected chi connectivity index (χ4v) is 2.90. The lowest BCUT2D eigenvalue weighted by Crippen LogP contribution is -2.11.